The smallest absolute Gasteiger partial charge is 0.275 e. The lowest BCUT2D eigenvalue weighted by Gasteiger charge is -2.25. The molecule has 0 radical (unpaired) electrons. The molecule has 0 atom stereocenters. The molecule has 0 unspecified atom stereocenters. The molecular formula is C20H20N6OS. The number of aromatic amines is 1. The molecule has 0 spiro atoms. The van der Waals surface area contributed by atoms with E-state index in [1.54, 1.807) is 10.9 Å². The second-order valence-electron chi connectivity index (χ2n) is 7.18. The van der Waals surface area contributed by atoms with E-state index in [-0.39, 0.29) is 5.91 Å². The van der Waals surface area contributed by atoms with Crippen LogP contribution in [0.25, 0.3) is 22.3 Å². The molecule has 0 bridgehead atoms. The number of anilines is 1. The predicted molar refractivity (Wildman–Crippen MR) is 110 cm³/mol. The Morgan fingerprint density at radius 3 is 3.04 bits per heavy atom. The van der Waals surface area contributed by atoms with Gasteiger partial charge in [-0.1, -0.05) is 6.42 Å². The molecule has 4 aromatic heterocycles. The van der Waals surface area contributed by atoms with Gasteiger partial charge < -0.3 is 4.98 Å². The van der Waals surface area contributed by atoms with Crippen LogP contribution in [0.1, 0.15) is 46.1 Å². The first kappa shape index (κ1) is 17.1. The largest absolute Gasteiger partial charge is 0.345 e. The third-order valence-electron chi connectivity index (χ3n) is 5.45. The maximum absolute atomic E-state index is 13.0. The summed E-state index contributed by atoms with van der Waals surface area (Å²) >= 11 is 1.48. The van der Waals surface area contributed by atoms with Crippen LogP contribution in [0.3, 0.4) is 0 Å². The minimum Gasteiger partial charge on any atom is -0.345 e. The van der Waals surface area contributed by atoms with Crippen molar-refractivity contribution in [3.63, 3.8) is 0 Å². The van der Waals surface area contributed by atoms with Crippen molar-refractivity contribution in [3.8, 4) is 11.3 Å². The number of carbonyl (C=O) groups excluding carboxylic acids is 1. The molecule has 1 amide bonds. The van der Waals surface area contributed by atoms with E-state index < -0.39 is 0 Å². The van der Waals surface area contributed by atoms with E-state index in [9.17, 15) is 4.79 Å². The van der Waals surface area contributed by atoms with Gasteiger partial charge in [-0.2, -0.15) is 5.10 Å². The van der Waals surface area contributed by atoms with E-state index in [1.165, 1.54) is 17.8 Å². The summed E-state index contributed by atoms with van der Waals surface area (Å²) < 4.78 is 1.66. The summed E-state index contributed by atoms with van der Waals surface area (Å²) in [6.07, 6.45) is 8.98. The van der Waals surface area contributed by atoms with E-state index >= 15 is 0 Å². The van der Waals surface area contributed by atoms with E-state index in [0.29, 0.717) is 16.7 Å². The number of pyridine rings is 1. The molecule has 5 rings (SSSR count). The molecule has 4 aromatic rings. The minimum atomic E-state index is -0.150. The Morgan fingerprint density at radius 1 is 1.39 bits per heavy atom. The van der Waals surface area contributed by atoms with Crippen molar-refractivity contribution < 1.29 is 4.79 Å². The van der Waals surface area contributed by atoms with Crippen LogP contribution in [0.5, 0.6) is 0 Å². The second-order valence-corrected chi connectivity index (χ2v) is 8.38. The average molecular weight is 392 g/mol. The van der Waals surface area contributed by atoms with Crippen molar-refractivity contribution in [3.05, 3.63) is 46.9 Å². The monoisotopic (exact) mass is 392 g/mol. The molecule has 8 heteroatoms. The fourth-order valence-electron chi connectivity index (χ4n) is 3.76. The van der Waals surface area contributed by atoms with Crippen LogP contribution >= 0.6 is 11.3 Å². The number of nitrogens with zero attached hydrogens (tertiary/aromatic N) is 4. The van der Waals surface area contributed by atoms with Gasteiger partial charge in [0.2, 0.25) is 0 Å². The van der Waals surface area contributed by atoms with Crippen LogP contribution in [-0.4, -0.2) is 30.6 Å². The Labute approximate surface area is 165 Å². The molecule has 0 aliphatic heterocycles. The summed E-state index contributed by atoms with van der Waals surface area (Å²) in [6.45, 7) is 2.02. The summed E-state index contributed by atoms with van der Waals surface area (Å²) in [5, 5.41) is 8.90. The second kappa shape index (κ2) is 6.56. The lowest BCUT2D eigenvalue weighted by atomic mass is 9.80. The zero-order valence-electron chi connectivity index (χ0n) is 15.7. The summed E-state index contributed by atoms with van der Waals surface area (Å²) in [4.78, 5) is 26.2. The fourth-order valence-corrected chi connectivity index (χ4v) is 4.58. The predicted octanol–water partition coefficient (Wildman–Crippen LogP) is 4.25. The zero-order chi connectivity index (χ0) is 19.3. The highest BCUT2D eigenvalue weighted by atomic mass is 32.1. The van der Waals surface area contributed by atoms with Gasteiger partial charge in [0.1, 0.15) is 11.3 Å². The summed E-state index contributed by atoms with van der Waals surface area (Å²) in [5.41, 5.74) is 4.37. The van der Waals surface area contributed by atoms with Gasteiger partial charge in [0.05, 0.1) is 11.9 Å². The topological polar surface area (TPSA) is 88.5 Å². The van der Waals surface area contributed by atoms with Crippen LogP contribution in [0, 0.1) is 6.92 Å². The number of aryl methyl sites for hydroxylation is 2. The van der Waals surface area contributed by atoms with Crippen molar-refractivity contribution >= 4 is 33.4 Å². The molecule has 1 saturated carbocycles. The summed E-state index contributed by atoms with van der Waals surface area (Å²) in [6, 6.07) is 3.93. The quantitative estimate of drug-likeness (QED) is 0.543. The lowest BCUT2D eigenvalue weighted by Crippen LogP contribution is -2.20. The number of fused-ring (bicyclic) bond motifs is 1. The molecular weight excluding hydrogens is 372 g/mol. The molecule has 1 fully saturated rings. The number of hydrogen-bond acceptors (Lipinski definition) is 5. The van der Waals surface area contributed by atoms with Gasteiger partial charge in [-0.25, -0.2) is 9.97 Å². The van der Waals surface area contributed by atoms with Gasteiger partial charge in [0, 0.05) is 40.8 Å². The molecule has 1 aliphatic carbocycles. The summed E-state index contributed by atoms with van der Waals surface area (Å²) in [7, 11) is 1.81. The molecule has 0 saturated heterocycles. The number of nitrogens with one attached hydrogen (secondary N) is 2. The number of aromatic nitrogens is 5. The minimum absolute atomic E-state index is 0.150. The van der Waals surface area contributed by atoms with E-state index in [1.807, 2.05) is 38.5 Å². The van der Waals surface area contributed by atoms with Crippen LogP contribution < -0.4 is 5.32 Å². The van der Waals surface area contributed by atoms with Gasteiger partial charge in [0.25, 0.3) is 5.91 Å². The Balaban J connectivity index is 1.45. The number of hydrogen-bond donors (Lipinski definition) is 2. The highest BCUT2D eigenvalue weighted by Crippen LogP contribution is 2.38. The van der Waals surface area contributed by atoms with Gasteiger partial charge in [0.15, 0.2) is 5.13 Å². The zero-order valence-corrected chi connectivity index (χ0v) is 16.5. The first-order valence-electron chi connectivity index (χ1n) is 9.35. The number of H-pyrrole nitrogens is 1. The van der Waals surface area contributed by atoms with Gasteiger partial charge in [-0.3, -0.25) is 14.8 Å². The van der Waals surface area contributed by atoms with Crippen LogP contribution in [0.2, 0.25) is 0 Å². The Kier molecular flexibility index (Phi) is 4.01. The van der Waals surface area contributed by atoms with Crippen LogP contribution in [0.4, 0.5) is 5.13 Å². The van der Waals surface area contributed by atoms with Gasteiger partial charge >= 0.3 is 0 Å². The van der Waals surface area contributed by atoms with Crippen molar-refractivity contribution in [2.45, 2.75) is 32.1 Å². The standard InChI is InChI=1S/C20H20N6OS/c1-11-16(15-9-22-18-13(15)7-4-8-21-18)24-20(28-11)25-19(27)17-14(10-23-26(17)2)12-5-3-6-12/h4,7-10,12H,3,5-6H2,1-2H3,(H,21,22)(H,24,25,27). The Morgan fingerprint density at radius 2 is 2.25 bits per heavy atom. The van der Waals surface area contributed by atoms with Crippen molar-refractivity contribution in [1.29, 1.82) is 0 Å². The molecule has 1 aliphatic rings. The van der Waals surface area contributed by atoms with Gasteiger partial charge in [-0.15, -0.1) is 11.3 Å². The van der Waals surface area contributed by atoms with Gasteiger partial charge in [-0.05, 0) is 37.8 Å². The SMILES string of the molecule is Cc1sc(NC(=O)c2c(C3CCC3)cnn2C)nc1-c1c[nH]c2ncccc12. The molecule has 28 heavy (non-hydrogen) atoms. The van der Waals surface area contributed by atoms with E-state index in [0.717, 1.165) is 45.6 Å². The first-order valence-corrected chi connectivity index (χ1v) is 10.2. The highest BCUT2D eigenvalue weighted by Gasteiger charge is 2.28. The van der Waals surface area contributed by atoms with E-state index in [2.05, 4.69) is 20.4 Å². The number of thiazole rings is 1. The molecule has 0 aromatic carbocycles. The third kappa shape index (κ3) is 2.72. The Hall–Kier alpha value is -3.00. The summed E-state index contributed by atoms with van der Waals surface area (Å²) in [5.74, 6) is 0.296. The van der Waals surface area contributed by atoms with Crippen LogP contribution in [0.15, 0.2) is 30.7 Å². The first-order chi connectivity index (χ1) is 13.6. The lowest BCUT2D eigenvalue weighted by molar-refractivity contribution is 0.101. The van der Waals surface area contributed by atoms with Crippen LogP contribution in [-0.2, 0) is 7.05 Å². The van der Waals surface area contributed by atoms with Crippen molar-refractivity contribution in [2.75, 3.05) is 5.32 Å². The molecule has 142 valence electrons. The van der Waals surface area contributed by atoms with Crippen molar-refractivity contribution in [2.24, 2.45) is 7.05 Å². The normalized spacial score (nSPS) is 14.4. The maximum Gasteiger partial charge on any atom is 0.275 e. The average Bonchev–Trinajstić information content (AvgIpc) is 3.31. The highest BCUT2D eigenvalue weighted by molar-refractivity contribution is 7.16. The third-order valence-corrected chi connectivity index (χ3v) is 6.34. The maximum atomic E-state index is 13.0. The number of rotatable bonds is 4. The number of amides is 1. The Bertz CT molecular complexity index is 1180. The molecule has 4 heterocycles. The molecule has 2 N–H and O–H groups in total. The fraction of sp³-hybridized carbons (Fsp3) is 0.300. The number of carbonyl (C=O) groups is 1. The van der Waals surface area contributed by atoms with E-state index in [4.69, 9.17) is 4.98 Å². The molecule has 7 nitrogen and oxygen atoms in total. The van der Waals surface area contributed by atoms with Crippen molar-refractivity contribution in [1.82, 2.24) is 24.7 Å².